The predicted octanol–water partition coefficient (Wildman–Crippen LogP) is 5.38. The second-order valence-electron chi connectivity index (χ2n) is 7.01. The molecule has 3 aromatic rings. The van der Waals surface area contributed by atoms with Crippen LogP contribution in [-0.4, -0.2) is 22.4 Å². The number of rotatable bonds is 9. The highest BCUT2D eigenvalue weighted by molar-refractivity contribution is 6.09. The van der Waals surface area contributed by atoms with Crippen LogP contribution in [-0.2, 0) is 4.79 Å². The van der Waals surface area contributed by atoms with Gasteiger partial charge in [-0.3, -0.25) is 25.0 Å². The van der Waals surface area contributed by atoms with Crippen LogP contribution >= 0.6 is 0 Å². The van der Waals surface area contributed by atoms with Crippen LogP contribution in [0.15, 0.2) is 66.2 Å². The molecule has 0 bridgehead atoms. The number of carbonyl (C=O) groups is 1. The van der Waals surface area contributed by atoms with Crippen molar-refractivity contribution in [2.24, 2.45) is 0 Å². The summed E-state index contributed by atoms with van der Waals surface area (Å²) in [7, 11) is 0. The summed E-state index contributed by atoms with van der Waals surface area (Å²) in [6, 6.07) is 14.5. The van der Waals surface area contributed by atoms with Crippen LogP contribution < -0.4 is 14.8 Å². The maximum Gasteiger partial charge on any atom is 0.318 e. The Hall–Kier alpha value is -5.31. The molecule has 0 heterocycles. The zero-order valence-corrected chi connectivity index (χ0v) is 18.6. The predicted molar refractivity (Wildman–Crippen MR) is 126 cm³/mol. The molecule has 0 aromatic heterocycles. The minimum absolute atomic E-state index is 0.0558. The minimum atomic E-state index is -0.831. The quantitative estimate of drug-likeness (QED) is 0.180. The van der Waals surface area contributed by atoms with E-state index in [9.17, 15) is 34.7 Å². The highest BCUT2D eigenvalue weighted by atomic mass is 19.1. The van der Waals surface area contributed by atoms with Gasteiger partial charge in [-0.1, -0.05) is 18.2 Å². The lowest BCUT2D eigenvalue weighted by atomic mass is 10.1. The van der Waals surface area contributed by atoms with Crippen molar-refractivity contribution >= 4 is 29.0 Å². The maximum absolute atomic E-state index is 13.8. The molecule has 0 saturated carbocycles. The maximum atomic E-state index is 13.8. The Balaban J connectivity index is 1.92. The number of nitriles is 1. The van der Waals surface area contributed by atoms with Crippen molar-refractivity contribution in [3.8, 4) is 23.3 Å². The fraction of sp³-hybridized carbons (Fsp3) is 0.0833. The number of nitrogens with zero attached hydrogens (tertiary/aromatic N) is 3. The molecule has 12 heteroatoms. The van der Waals surface area contributed by atoms with Gasteiger partial charge in [-0.25, -0.2) is 4.39 Å². The number of amides is 1. The largest absolute Gasteiger partial charge is 0.490 e. The van der Waals surface area contributed by atoms with Crippen LogP contribution in [0.5, 0.6) is 17.2 Å². The molecule has 0 fully saturated rings. The fourth-order valence-corrected chi connectivity index (χ4v) is 3.00. The van der Waals surface area contributed by atoms with Gasteiger partial charge >= 0.3 is 5.69 Å². The van der Waals surface area contributed by atoms with E-state index < -0.39 is 32.9 Å². The van der Waals surface area contributed by atoms with Gasteiger partial charge in [0.25, 0.3) is 11.6 Å². The molecular weight excluding hydrogens is 475 g/mol. The Morgan fingerprint density at radius 1 is 1.06 bits per heavy atom. The van der Waals surface area contributed by atoms with E-state index >= 15 is 0 Å². The smallest absolute Gasteiger partial charge is 0.318 e. The number of nitro groups is 2. The summed E-state index contributed by atoms with van der Waals surface area (Å²) in [6.45, 7) is 1.87. The fourth-order valence-electron chi connectivity index (χ4n) is 3.00. The number of anilines is 1. The molecule has 1 amide bonds. The molecule has 0 radical (unpaired) electrons. The van der Waals surface area contributed by atoms with Crippen LogP contribution in [0.25, 0.3) is 6.08 Å². The molecule has 0 aliphatic heterocycles. The Labute approximate surface area is 203 Å². The number of carbonyl (C=O) groups excluding carboxylic acids is 1. The van der Waals surface area contributed by atoms with E-state index in [0.717, 1.165) is 24.3 Å². The van der Waals surface area contributed by atoms with Crippen molar-refractivity contribution in [1.29, 1.82) is 5.26 Å². The van der Waals surface area contributed by atoms with E-state index in [0.29, 0.717) is 5.56 Å². The van der Waals surface area contributed by atoms with Crippen molar-refractivity contribution in [3.63, 3.8) is 0 Å². The van der Waals surface area contributed by atoms with E-state index in [4.69, 9.17) is 9.47 Å². The molecule has 182 valence electrons. The summed E-state index contributed by atoms with van der Waals surface area (Å²) < 4.78 is 25.0. The van der Waals surface area contributed by atoms with Gasteiger partial charge in [0.05, 0.1) is 28.2 Å². The Morgan fingerprint density at radius 3 is 2.42 bits per heavy atom. The number of para-hydroxylation sites is 1. The number of hydrogen-bond donors (Lipinski definition) is 1. The summed E-state index contributed by atoms with van der Waals surface area (Å²) in [6.07, 6.45) is 1.25. The third kappa shape index (κ3) is 5.97. The van der Waals surface area contributed by atoms with Crippen LogP contribution in [0.3, 0.4) is 0 Å². The molecule has 3 rings (SSSR count). The van der Waals surface area contributed by atoms with E-state index in [2.05, 4.69) is 5.32 Å². The lowest BCUT2D eigenvalue weighted by Crippen LogP contribution is -2.14. The Bertz CT molecular complexity index is 1420. The van der Waals surface area contributed by atoms with Gasteiger partial charge in [-0.2, -0.15) is 5.26 Å². The molecule has 0 atom stereocenters. The van der Waals surface area contributed by atoms with Crippen molar-refractivity contribution < 1.29 is 28.5 Å². The first-order valence-corrected chi connectivity index (χ1v) is 10.3. The molecule has 0 saturated heterocycles. The summed E-state index contributed by atoms with van der Waals surface area (Å²) in [5, 5.41) is 34.1. The number of nitro benzene ring substituents is 2. The van der Waals surface area contributed by atoms with E-state index in [1.165, 1.54) is 42.5 Å². The molecule has 0 spiro atoms. The molecule has 0 aliphatic carbocycles. The standard InChI is InChI=1S/C24H17FN4O7/c1-2-35-23-12-15(11-16(14-26)24(30)27-19-6-4-3-5-18(19)25)7-9-22(23)36-21-10-8-17(28(31)32)13-20(21)29(33)34/h3-13H,2H2,1H3,(H,27,30)/b16-11+. The number of non-ortho nitro benzene ring substituents is 1. The minimum Gasteiger partial charge on any atom is -0.490 e. The van der Waals surface area contributed by atoms with Gasteiger partial charge in [0.2, 0.25) is 5.75 Å². The van der Waals surface area contributed by atoms with Gasteiger partial charge < -0.3 is 14.8 Å². The zero-order chi connectivity index (χ0) is 26.2. The highest BCUT2D eigenvalue weighted by Gasteiger charge is 2.22. The number of hydrogen-bond acceptors (Lipinski definition) is 8. The van der Waals surface area contributed by atoms with Crippen LogP contribution in [0.2, 0.25) is 0 Å². The first-order valence-electron chi connectivity index (χ1n) is 10.3. The highest BCUT2D eigenvalue weighted by Crippen LogP contribution is 2.38. The number of halogens is 1. The summed E-state index contributed by atoms with van der Waals surface area (Å²) >= 11 is 0. The van der Waals surface area contributed by atoms with Crippen molar-refractivity contribution in [1.82, 2.24) is 0 Å². The van der Waals surface area contributed by atoms with Gasteiger partial charge in [-0.05, 0) is 48.9 Å². The van der Waals surface area contributed by atoms with Crippen molar-refractivity contribution in [2.75, 3.05) is 11.9 Å². The molecule has 36 heavy (non-hydrogen) atoms. The van der Waals surface area contributed by atoms with E-state index in [1.807, 2.05) is 0 Å². The topological polar surface area (TPSA) is 158 Å². The normalized spacial score (nSPS) is 10.8. The Kier molecular flexibility index (Phi) is 7.88. The second kappa shape index (κ2) is 11.2. The second-order valence-corrected chi connectivity index (χ2v) is 7.01. The van der Waals surface area contributed by atoms with Crippen molar-refractivity contribution in [3.05, 3.63) is 97.8 Å². The summed E-state index contributed by atoms with van der Waals surface area (Å²) in [4.78, 5) is 33.2. The first kappa shape index (κ1) is 25.3. The molecule has 1 N–H and O–H groups in total. The summed E-state index contributed by atoms with van der Waals surface area (Å²) in [5.41, 5.74) is -1.15. The molecule has 11 nitrogen and oxygen atoms in total. The molecule has 3 aromatic carbocycles. The zero-order valence-electron chi connectivity index (χ0n) is 18.6. The molecule has 0 aliphatic rings. The number of ether oxygens (including phenoxy) is 2. The third-order valence-corrected chi connectivity index (χ3v) is 4.64. The summed E-state index contributed by atoms with van der Waals surface area (Å²) in [5.74, 6) is -1.56. The van der Waals surface area contributed by atoms with Gasteiger partial charge in [0, 0.05) is 6.07 Å². The third-order valence-electron chi connectivity index (χ3n) is 4.64. The lowest BCUT2D eigenvalue weighted by Gasteiger charge is -2.12. The van der Waals surface area contributed by atoms with Crippen molar-refractivity contribution in [2.45, 2.75) is 6.92 Å². The van der Waals surface area contributed by atoms with Crippen LogP contribution in [0, 0.1) is 37.4 Å². The number of benzene rings is 3. The number of nitrogens with one attached hydrogen (secondary N) is 1. The Morgan fingerprint density at radius 2 is 1.78 bits per heavy atom. The average molecular weight is 492 g/mol. The van der Waals surface area contributed by atoms with E-state index in [1.54, 1.807) is 13.0 Å². The van der Waals surface area contributed by atoms with Gasteiger partial charge in [0.1, 0.15) is 17.5 Å². The SMILES string of the molecule is CCOc1cc(/C=C(\C#N)C(=O)Nc2ccccc2F)ccc1Oc1ccc([N+](=O)[O-])cc1[N+](=O)[O-]. The van der Waals surface area contributed by atoms with Crippen LogP contribution in [0.1, 0.15) is 12.5 Å². The van der Waals surface area contributed by atoms with Crippen LogP contribution in [0.4, 0.5) is 21.5 Å². The molecule has 0 unspecified atom stereocenters. The van der Waals surface area contributed by atoms with E-state index in [-0.39, 0.29) is 35.1 Å². The monoisotopic (exact) mass is 492 g/mol. The first-order chi connectivity index (χ1) is 17.2. The average Bonchev–Trinajstić information content (AvgIpc) is 2.85. The van der Waals surface area contributed by atoms with Gasteiger partial charge in [-0.15, -0.1) is 0 Å². The molecular formula is C24H17FN4O7. The van der Waals surface area contributed by atoms with Gasteiger partial charge in [0.15, 0.2) is 11.5 Å². The lowest BCUT2D eigenvalue weighted by molar-refractivity contribution is -0.394.